The van der Waals surface area contributed by atoms with E-state index in [0.29, 0.717) is 15.9 Å². The quantitative estimate of drug-likeness (QED) is 0.720. The molecular formula is C8H6BrFN2O. The first-order valence-electron chi connectivity index (χ1n) is 3.59. The van der Waals surface area contributed by atoms with Crippen LogP contribution in [0.2, 0.25) is 0 Å². The minimum absolute atomic E-state index is 0.444. The predicted octanol–water partition coefficient (Wildman–Crippen LogP) is 2.24. The number of nitrogens with zero attached hydrogens (tertiary/aromatic N) is 2. The molecule has 5 heteroatoms. The van der Waals surface area contributed by atoms with Gasteiger partial charge in [0.05, 0.1) is 12.6 Å². The van der Waals surface area contributed by atoms with Crippen molar-refractivity contribution in [2.75, 3.05) is 7.11 Å². The van der Waals surface area contributed by atoms with E-state index in [0.717, 1.165) is 0 Å². The van der Waals surface area contributed by atoms with Gasteiger partial charge >= 0.3 is 0 Å². The Morgan fingerprint density at radius 3 is 2.92 bits per heavy atom. The molecule has 0 aliphatic rings. The summed E-state index contributed by atoms with van der Waals surface area (Å²) < 4.78 is 20.0. The maximum absolute atomic E-state index is 13.2. The van der Waals surface area contributed by atoms with Gasteiger partial charge in [0.15, 0.2) is 0 Å². The fraction of sp³-hybridized carbons (Fsp3) is 0.125. The summed E-state index contributed by atoms with van der Waals surface area (Å²) in [6.45, 7) is 0. The molecule has 2 aromatic heterocycles. The Kier molecular flexibility index (Phi) is 1.95. The topological polar surface area (TPSA) is 26.5 Å². The van der Waals surface area contributed by atoms with Gasteiger partial charge in [-0.05, 0) is 22.0 Å². The van der Waals surface area contributed by atoms with E-state index in [1.807, 2.05) is 0 Å². The zero-order valence-corrected chi connectivity index (χ0v) is 8.38. The third kappa shape index (κ3) is 1.39. The lowest BCUT2D eigenvalue weighted by Crippen LogP contribution is -1.95. The largest absolute Gasteiger partial charge is 0.497 e. The Bertz CT molecular complexity index is 455. The van der Waals surface area contributed by atoms with Gasteiger partial charge in [-0.1, -0.05) is 0 Å². The van der Waals surface area contributed by atoms with Crippen LogP contribution in [-0.4, -0.2) is 16.7 Å². The van der Waals surface area contributed by atoms with Gasteiger partial charge in [-0.3, -0.25) is 0 Å². The van der Waals surface area contributed by atoms with E-state index in [1.54, 1.807) is 12.1 Å². The molecule has 2 aromatic rings. The standard InChI is InChI=1S/C8H6BrFN2O/c1-13-6-2-5-3-7(9)11-12(5)8(10)4-6/h2-4H,1H3. The summed E-state index contributed by atoms with van der Waals surface area (Å²) in [7, 11) is 1.50. The summed E-state index contributed by atoms with van der Waals surface area (Å²) in [6, 6.07) is 4.71. The Hall–Kier alpha value is -1.10. The molecule has 0 radical (unpaired) electrons. The van der Waals surface area contributed by atoms with Crippen LogP contribution in [0.5, 0.6) is 5.75 Å². The van der Waals surface area contributed by atoms with Crippen LogP contribution >= 0.6 is 15.9 Å². The van der Waals surface area contributed by atoms with Gasteiger partial charge in [-0.2, -0.15) is 9.49 Å². The smallest absolute Gasteiger partial charge is 0.218 e. The van der Waals surface area contributed by atoms with Crippen LogP contribution in [0.1, 0.15) is 0 Å². The molecule has 2 heterocycles. The summed E-state index contributed by atoms with van der Waals surface area (Å²) in [6.07, 6.45) is 0. The number of rotatable bonds is 1. The van der Waals surface area contributed by atoms with Crippen LogP contribution in [0.4, 0.5) is 4.39 Å². The lowest BCUT2D eigenvalue weighted by atomic mass is 10.4. The van der Waals surface area contributed by atoms with Crippen LogP contribution < -0.4 is 4.74 Å². The zero-order chi connectivity index (χ0) is 9.42. The second-order valence-corrected chi connectivity index (χ2v) is 3.33. The zero-order valence-electron chi connectivity index (χ0n) is 6.79. The van der Waals surface area contributed by atoms with Crippen LogP contribution in [0.3, 0.4) is 0 Å². The number of halogens is 2. The molecular weight excluding hydrogens is 239 g/mol. The van der Waals surface area contributed by atoms with Crippen molar-refractivity contribution in [2.24, 2.45) is 0 Å². The lowest BCUT2D eigenvalue weighted by Gasteiger charge is -2.00. The average Bonchev–Trinajstić information content (AvgIpc) is 2.46. The summed E-state index contributed by atoms with van der Waals surface area (Å²) in [4.78, 5) is 0. The van der Waals surface area contributed by atoms with Crippen LogP contribution in [0, 0.1) is 5.95 Å². The first-order chi connectivity index (χ1) is 6.20. The fourth-order valence-electron chi connectivity index (χ4n) is 1.12. The molecule has 0 unspecified atom stereocenters. The van der Waals surface area contributed by atoms with Crippen molar-refractivity contribution >= 4 is 21.4 Å². The maximum Gasteiger partial charge on any atom is 0.218 e. The summed E-state index contributed by atoms with van der Waals surface area (Å²) in [5.74, 6) is 0.0393. The van der Waals surface area contributed by atoms with Crippen molar-refractivity contribution < 1.29 is 9.13 Å². The van der Waals surface area contributed by atoms with E-state index in [-0.39, 0.29) is 0 Å². The molecule has 0 N–H and O–H groups in total. The number of fused-ring (bicyclic) bond motifs is 1. The molecule has 0 fully saturated rings. The molecule has 0 aromatic carbocycles. The van der Waals surface area contributed by atoms with E-state index < -0.39 is 5.95 Å². The average molecular weight is 245 g/mol. The number of pyridine rings is 1. The highest BCUT2D eigenvalue weighted by molar-refractivity contribution is 9.10. The SMILES string of the molecule is COc1cc(F)n2nc(Br)cc2c1. The molecule has 0 amide bonds. The third-order valence-electron chi connectivity index (χ3n) is 1.70. The van der Waals surface area contributed by atoms with E-state index in [1.165, 1.54) is 17.7 Å². The number of aromatic nitrogens is 2. The van der Waals surface area contributed by atoms with Gasteiger partial charge in [0.1, 0.15) is 10.4 Å². The van der Waals surface area contributed by atoms with Crippen LogP contribution in [-0.2, 0) is 0 Å². The normalized spacial score (nSPS) is 10.7. The van der Waals surface area contributed by atoms with E-state index in [4.69, 9.17) is 4.74 Å². The first-order valence-corrected chi connectivity index (χ1v) is 4.39. The van der Waals surface area contributed by atoms with Crippen molar-refractivity contribution in [3.05, 3.63) is 28.7 Å². The maximum atomic E-state index is 13.2. The molecule has 0 aliphatic heterocycles. The highest BCUT2D eigenvalue weighted by Crippen LogP contribution is 2.19. The summed E-state index contributed by atoms with van der Waals surface area (Å²) in [5.41, 5.74) is 0.656. The van der Waals surface area contributed by atoms with Gasteiger partial charge in [0.2, 0.25) is 5.95 Å². The Labute approximate surface area is 82.2 Å². The second-order valence-electron chi connectivity index (χ2n) is 2.52. The van der Waals surface area contributed by atoms with Gasteiger partial charge in [0, 0.05) is 12.1 Å². The first kappa shape index (κ1) is 8.50. The van der Waals surface area contributed by atoms with Crippen molar-refractivity contribution in [2.45, 2.75) is 0 Å². The van der Waals surface area contributed by atoms with Gasteiger partial charge in [0.25, 0.3) is 0 Å². The molecule has 3 nitrogen and oxygen atoms in total. The number of ether oxygens (including phenoxy) is 1. The van der Waals surface area contributed by atoms with E-state index in [2.05, 4.69) is 21.0 Å². The third-order valence-corrected chi connectivity index (χ3v) is 2.08. The Morgan fingerprint density at radius 2 is 2.23 bits per heavy atom. The van der Waals surface area contributed by atoms with Gasteiger partial charge < -0.3 is 4.74 Å². The van der Waals surface area contributed by atoms with Crippen molar-refractivity contribution in [3.63, 3.8) is 0 Å². The van der Waals surface area contributed by atoms with Crippen LogP contribution in [0.15, 0.2) is 22.8 Å². The highest BCUT2D eigenvalue weighted by Gasteiger charge is 2.05. The fourth-order valence-corrected chi connectivity index (χ4v) is 1.52. The van der Waals surface area contributed by atoms with Crippen molar-refractivity contribution in [1.82, 2.24) is 9.61 Å². The molecule has 0 saturated carbocycles. The van der Waals surface area contributed by atoms with Gasteiger partial charge in [-0.25, -0.2) is 4.52 Å². The molecule has 0 saturated heterocycles. The lowest BCUT2D eigenvalue weighted by molar-refractivity contribution is 0.408. The monoisotopic (exact) mass is 244 g/mol. The molecule has 0 aliphatic carbocycles. The summed E-state index contributed by atoms with van der Waals surface area (Å²) >= 11 is 3.17. The van der Waals surface area contributed by atoms with E-state index >= 15 is 0 Å². The van der Waals surface area contributed by atoms with Crippen LogP contribution in [0.25, 0.3) is 5.52 Å². The second kappa shape index (κ2) is 2.99. The van der Waals surface area contributed by atoms with E-state index in [9.17, 15) is 4.39 Å². The molecule has 0 spiro atoms. The van der Waals surface area contributed by atoms with Crippen molar-refractivity contribution in [3.8, 4) is 5.75 Å². The Balaban J connectivity index is 2.75. The van der Waals surface area contributed by atoms with Gasteiger partial charge in [-0.15, -0.1) is 0 Å². The molecule has 0 bridgehead atoms. The summed E-state index contributed by atoms with van der Waals surface area (Å²) in [5, 5.41) is 3.89. The predicted molar refractivity (Wildman–Crippen MR) is 49.4 cm³/mol. The minimum atomic E-state index is -0.444. The molecule has 2 rings (SSSR count). The number of methoxy groups -OCH3 is 1. The minimum Gasteiger partial charge on any atom is -0.497 e. The molecule has 0 atom stereocenters. The molecule has 13 heavy (non-hydrogen) atoms. The number of hydrogen-bond donors (Lipinski definition) is 0. The number of hydrogen-bond acceptors (Lipinski definition) is 2. The van der Waals surface area contributed by atoms with Crippen molar-refractivity contribution in [1.29, 1.82) is 0 Å². The highest BCUT2D eigenvalue weighted by atomic mass is 79.9. The Morgan fingerprint density at radius 1 is 1.46 bits per heavy atom. The molecule has 68 valence electrons.